The van der Waals surface area contributed by atoms with E-state index in [1.54, 1.807) is 0 Å². The van der Waals surface area contributed by atoms with E-state index in [9.17, 15) is 39.6 Å². The van der Waals surface area contributed by atoms with Gasteiger partial charge in [0, 0.05) is 23.5 Å². The van der Waals surface area contributed by atoms with Crippen LogP contribution < -0.4 is 20.4 Å². The predicted octanol–water partition coefficient (Wildman–Crippen LogP) is -4.39. The van der Waals surface area contributed by atoms with Crippen molar-refractivity contribution in [1.82, 2.24) is 9.97 Å². The van der Waals surface area contributed by atoms with Crippen LogP contribution >= 0.6 is 0 Å². The van der Waals surface area contributed by atoms with E-state index in [0.29, 0.717) is 0 Å². The molecule has 2 heterocycles. The third-order valence-electron chi connectivity index (χ3n) is 2.44. The van der Waals surface area contributed by atoms with Crippen LogP contribution in [0.25, 0.3) is 0 Å². The number of rotatable bonds is 4. The number of hydrogen-bond acceptors (Lipinski definition) is 10. The zero-order valence-corrected chi connectivity index (χ0v) is 14.2. The quantitative estimate of drug-likeness (QED) is 0.377. The molecule has 2 aromatic rings. The fourth-order valence-electron chi connectivity index (χ4n) is 1.47. The third-order valence-corrected chi connectivity index (χ3v) is 2.44. The molecular weight excluding hydrogens is 519 g/mol. The van der Waals surface area contributed by atoms with E-state index in [4.69, 9.17) is 0 Å². The number of carboxylic acid groups (broad SMARTS) is 4. The van der Waals surface area contributed by atoms with Gasteiger partial charge in [-0.3, -0.25) is 9.97 Å². The topological polar surface area (TPSA) is 186 Å². The van der Waals surface area contributed by atoms with E-state index in [1.165, 1.54) is 12.1 Å². The Morgan fingerprint density at radius 1 is 0.640 bits per heavy atom. The summed E-state index contributed by atoms with van der Waals surface area (Å²) in [6.07, 6.45) is 2.33. The zero-order valence-electron chi connectivity index (χ0n) is 11.9. The fourth-order valence-corrected chi connectivity index (χ4v) is 1.47. The standard InChI is InChI=1S/2C7H5NO4.Pt/c2*9-6(10)4-2-1-3-8-5(4)7(11)12;/h2*1-3H,(H,9,10)(H,11,12);/q;;+4/p-4. The van der Waals surface area contributed by atoms with Gasteiger partial charge in [-0.15, -0.1) is 0 Å². The molecule has 2 aromatic heterocycles. The van der Waals surface area contributed by atoms with Gasteiger partial charge in [0.1, 0.15) is 0 Å². The largest absolute Gasteiger partial charge is 4.00 e. The summed E-state index contributed by atoms with van der Waals surface area (Å²) in [5, 5.41) is 41.1. The fraction of sp³-hybridized carbons (Fsp3) is 0. The minimum Gasteiger partial charge on any atom is -0.545 e. The predicted molar refractivity (Wildman–Crippen MR) is 65.8 cm³/mol. The van der Waals surface area contributed by atoms with E-state index in [2.05, 4.69) is 9.97 Å². The van der Waals surface area contributed by atoms with Crippen LogP contribution in [0.5, 0.6) is 0 Å². The number of carbonyl (C=O) groups is 4. The smallest absolute Gasteiger partial charge is 0.545 e. The van der Waals surface area contributed by atoms with Crippen LogP contribution in [0.1, 0.15) is 41.7 Å². The second-order valence-corrected chi connectivity index (χ2v) is 3.95. The molecule has 0 fully saturated rings. The second-order valence-electron chi connectivity index (χ2n) is 3.95. The van der Waals surface area contributed by atoms with Gasteiger partial charge in [0.05, 0.1) is 35.3 Å². The van der Waals surface area contributed by atoms with Crippen molar-refractivity contribution in [3.63, 3.8) is 0 Å². The maximum absolute atomic E-state index is 10.3. The van der Waals surface area contributed by atoms with Gasteiger partial charge in [0.25, 0.3) is 0 Å². The molecule has 10 nitrogen and oxygen atoms in total. The average Bonchev–Trinajstić information content (AvgIpc) is 2.55. The summed E-state index contributed by atoms with van der Waals surface area (Å²) >= 11 is 0. The molecule has 2 rings (SSSR count). The maximum Gasteiger partial charge on any atom is 4.00 e. The number of carboxylic acids is 4. The van der Waals surface area contributed by atoms with E-state index >= 15 is 0 Å². The van der Waals surface area contributed by atoms with Gasteiger partial charge < -0.3 is 39.6 Å². The molecule has 0 aliphatic carbocycles. The first-order chi connectivity index (χ1) is 11.3. The van der Waals surface area contributed by atoms with Gasteiger partial charge >= 0.3 is 21.1 Å². The van der Waals surface area contributed by atoms with Crippen molar-refractivity contribution in [1.29, 1.82) is 0 Å². The molecule has 0 unspecified atom stereocenters. The number of nitrogens with zero attached hydrogens (tertiary/aromatic N) is 2. The van der Waals surface area contributed by atoms with Crippen LogP contribution in [0.4, 0.5) is 0 Å². The number of pyridine rings is 2. The van der Waals surface area contributed by atoms with Gasteiger partial charge in [0.2, 0.25) is 0 Å². The Balaban J connectivity index is 0.000000443. The van der Waals surface area contributed by atoms with Crippen molar-refractivity contribution >= 4 is 23.9 Å². The molecule has 0 aliphatic rings. The van der Waals surface area contributed by atoms with Gasteiger partial charge in [-0.25, -0.2) is 0 Å². The van der Waals surface area contributed by atoms with Gasteiger partial charge in [-0.1, -0.05) is 0 Å². The number of hydrogen-bond donors (Lipinski definition) is 0. The Morgan fingerprint density at radius 2 is 0.960 bits per heavy atom. The molecule has 0 bridgehead atoms. The molecule has 25 heavy (non-hydrogen) atoms. The van der Waals surface area contributed by atoms with Crippen molar-refractivity contribution in [3.05, 3.63) is 59.2 Å². The van der Waals surface area contributed by atoms with Crippen LogP contribution in [0.2, 0.25) is 0 Å². The molecule has 0 saturated carbocycles. The Hall–Kier alpha value is -3.13. The molecule has 0 saturated heterocycles. The average molecular weight is 525 g/mol. The first kappa shape index (κ1) is 21.9. The summed E-state index contributed by atoms with van der Waals surface area (Å²) in [6.45, 7) is 0. The molecule has 11 heteroatoms. The molecule has 0 aromatic carbocycles. The Morgan fingerprint density at radius 3 is 1.16 bits per heavy atom. The molecule has 0 N–H and O–H groups in total. The van der Waals surface area contributed by atoms with E-state index < -0.39 is 46.4 Å². The minimum atomic E-state index is -1.63. The van der Waals surface area contributed by atoms with Crippen molar-refractivity contribution in [2.75, 3.05) is 0 Å². The van der Waals surface area contributed by atoms with Crippen molar-refractivity contribution in [2.24, 2.45) is 0 Å². The van der Waals surface area contributed by atoms with Gasteiger partial charge in [-0.2, -0.15) is 0 Å². The number of carbonyl (C=O) groups excluding carboxylic acids is 4. The summed E-state index contributed by atoms with van der Waals surface area (Å²) in [5.41, 5.74) is -2.18. The molecule has 0 spiro atoms. The van der Waals surface area contributed by atoms with Crippen molar-refractivity contribution in [3.8, 4) is 0 Å². The molecule has 0 amide bonds. The zero-order chi connectivity index (χ0) is 18.3. The van der Waals surface area contributed by atoms with Crippen LogP contribution in [-0.4, -0.2) is 33.8 Å². The second kappa shape index (κ2) is 9.88. The van der Waals surface area contributed by atoms with Crippen molar-refractivity contribution < 1.29 is 60.7 Å². The molecule has 0 aliphatic heterocycles. The van der Waals surface area contributed by atoms with Crippen LogP contribution in [0.3, 0.4) is 0 Å². The van der Waals surface area contributed by atoms with Gasteiger partial charge in [0.15, 0.2) is 0 Å². The maximum atomic E-state index is 10.3. The first-order valence-corrected chi connectivity index (χ1v) is 6.01. The van der Waals surface area contributed by atoms with E-state index in [0.717, 1.165) is 24.5 Å². The number of aromatic nitrogens is 2. The molecular formula is C14H6N2O8Pt. The summed E-state index contributed by atoms with van der Waals surface area (Å²) in [4.78, 5) is 47.7. The summed E-state index contributed by atoms with van der Waals surface area (Å²) in [7, 11) is 0. The van der Waals surface area contributed by atoms with Crippen LogP contribution in [0, 0.1) is 0 Å². The molecule has 0 radical (unpaired) electrons. The van der Waals surface area contributed by atoms with E-state index in [-0.39, 0.29) is 21.1 Å². The monoisotopic (exact) mass is 525 g/mol. The Bertz CT molecular complexity index is 675. The van der Waals surface area contributed by atoms with Crippen LogP contribution in [-0.2, 0) is 21.1 Å². The summed E-state index contributed by atoms with van der Waals surface area (Å²) in [6, 6.07) is 4.79. The summed E-state index contributed by atoms with van der Waals surface area (Å²) in [5.74, 6) is -6.42. The minimum absolute atomic E-state index is 0. The number of aromatic carboxylic acids is 4. The van der Waals surface area contributed by atoms with E-state index in [1.807, 2.05) is 0 Å². The Labute approximate surface area is 154 Å². The third kappa shape index (κ3) is 6.11. The first-order valence-electron chi connectivity index (χ1n) is 6.01. The summed E-state index contributed by atoms with van der Waals surface area (Å²) < 4.78 is 0. The molecule has 130 valence electrons. The normalized spacial score (nSPS) is 8.96. The SMILES string of the molecule is O=C([O-])c1cccnc1C(=O)[O-].O=C([O-])c1cccnc1C(=O)[O-].[Pt+4]. The van der Waals surface area contributed by atoms with Gasteiger partial charge in [-0.05, 0) is 24.3 Å². The molecule has 0 atom stereocenters. The van der Waals surface area contributed by atoms with Crippen molar-refractivity contribution in [2.45, 2.75) is 0 Å². The van der Waals surface area contributed by atoms with Crippen LogP contribution in [0.15, 0.2) is 36.7 Å². The Kier molecular flexibility index (Phi) is 8.65.